The molecule has 0 spiro atoms. The lowest BCUT2D eigenvalue weighted by Gasteiger charge is -2.16. The van der Waals surface area contributed by atoms with Crippen molar-refractivity contribution >= 4 is 0 Å². The van der Waals surface area contributed by atoms with E-state index in [-0.39, 0.29) is 0 Å². The molecule has 0 saturated heterocycles. The van der Waals surface area contributed by atoms with E-state index in [0.717, 1.165) is 6.42 Å². The van der Waals surface area contributed by atoms with E-state index in [1.165, 1.54) is 12.8 Å². The molecule has 1 aromatic heterocycles. The van der Waals surface area contributed by atoms with Crippen LogP contribution < -0.4 is 5.43 Å². The van der Waals surface area contributed by atoms with Gasteiger partial charge in [-0.2, -0.15) is 0 Å². The summed E-state index contributed by atoms with van der Waals surface area (Å²) in [6, 6.07) is 0.542. The summed E-state index contributed by atoms with van der Waals surface area (Å²) < 4.78 is 1.80. The average Bonchev–Trinajstić information content (AvgIpc) is 2.56. The largest absolute Gasteiger partial charge is 0.321 e. The van der Waals surface area contributed by atoms with Gasteiger partial charge in [-0.25, -0.2) is 9.66 Å². The summed E-state index contributed by atoms with van der Waals surface area (Å²) in [5.74, 6) is 0. The van der Waals surface area contributed by atoms with Crippen molar-refractivity contribution in [1.82, 2.24) is 9.66 Å². The molecule has 0 fully saturated rings. The summed E-state index contributed by atoms with van der Waals surface area (Å²) >= 11 is 0. The molecule has 1 rings (SSSR count). The molecular formula is C9H16N3. The van der Waals surface area contributed by atoms with Crippen molar-refractivity contribution in [2.24, 2.45) is 0 Å². The lowest BCUT2D eigenvalue weighted by atomic mass is 10.1. The third-order valence-corrected chi connectivity index (χ3v) is 1.91. The maximum absolute atomic E-state index is 3.85. The minimum atomic E-state index is 0.542. The summed E-state index contributed by atoms with van der Waals surface area (Å²) in [7, 11) is 0. The van der Waals surface area contributed by atoms with Crippen LogP contribution in [0.4, 0.5) is 0 Å². The van der Waals surface area contributed by atoms with Crippen molar-refractivity contribution in [2.45, 2.75) is 39.2 Å². The van der Waals surface area contributed by atoms with Crippen molar-refractivity contribution < 1.29 is 0 Å². The molecule has 0 amide bonds. The summed E-state index contributed by atoms with van der Waals surface area (Å²) in [6.45, 7) is 4.38. The Balaban J connectivity index is 2.37. The molecule has 0 aliphatic rings. The normalized spacial score (nSPS) is 12.8. The Morgan fingerprint density at radius 1 is 1.58 bits per heavy atom. The van der Waals surface area contributed by atoms with E-state index < -0.39 is 0 Å². The van der Waals surface area contributed by atoms with Gasteiger partial charge in [0, 0.05) is 18.4 Å². The van der Waals surface area contributed by atoms with Gasteiger partial charge in [0.1, 0.15) is 0 Å². The Morgan fingerprint density at radius 3 is 2.92 bits per heavy atom. The molecule has 12 heavy (non-hydrogen) atoms. The number of imidazole rings is 1. The molecule has 3 heteroatoms. The van der Waals surface area contributed by atoms with Gasteiger partial charge >= 0.3 is 0 Å². The molecule has 0 bridgehead atoms. The minimum absolute atomic E-state index is 0.542. The van der Waals surface area contributed by atoms with Crippen LogP contribution >= 0.6 is 0 Å². The number of nitrogens with zero attached hydrogens (tertiary/aromatic N) is 2. The van der Waals surface area contributed by atoms with Crippen LogP contribution in [0.25, 0.3) is 0 Å². The molecule has 0 aliphatic carbocycles. The van der Waals surface area contributed by atoms with E-state index in [0.29, 0.717) is 6.04 Å². The van der Waals surface area contributed by atoms with Gasteiger partial charge in [-0.3, -0.25) is 0 Å². The van der Waals surface area contributed by atoms with Crippen LogP contribution in [-0.2, 0) is 0 Å². The molecular weight excluding hydrogens is 150 g/mol. The second-order valence-electron chi connectivity index (χ2n) is 2.92. The van der Waals surface area contributed by atoms with Crippen molar-refractivity contribution in [1.29, 1.82) is 0 Å². The number of aromatic nitrogens is 2. The molecule has 67 valence electrons. The third-order valence-electron chi connectivity index (χ3n) is 1.91. The molecule has 1 unspecified atom stereocenters. The average molecular weight is 166 g/mol. The zero-order valence-corrected chi connectivity index (χ0v) is 7.75. The van der Waals surface area contributed by atoms with Crippen LogP contribution in [-0.4, -0.2) is 15.7 Å². The standard InChI is InChI=1S/C9H16N3/c1-3-5-9(4-2)11-12-7-6-10-8-12/h6-7,9,11H,3-5H2,1-2H3. The monoisotopic (exact) mass is 166 g/mol. The van der Waals surface area contributed by atoms with Gasteiger partial charge in [0.2, 0.25) is 0 Å². The Bertz CT molecular complexity index is 194. The quantitative estimate of drug-likeness (QED) is 0.723. The topological polar surface area (TPSA) is 29.9 Å². The van der Waals surface area contributed by atoms with E-state index in [1.54, 1.807) is 10.9 Å². The summed E-state index contributed by atoms with van der Waals surface area (Å²) in [5, 5.41) is 0. The SMILES string of the molecule is CCCC(CC)Nn1[c]ncc1. The predicted molar refractivity (Wildman–Crippen MR) is 49.4 cm³/mol. The van der Waals surface area contributed by atoms with E-state index in [4.69, 9.17) is 0 Å². The first-order chi connectivity index (χ1) is 5.86. The lowest BCUT2D eigenvalue weighted by Crippen LogP contribution is -2.26. The summed E-state index contributed by atoms with van der Waals surface area (Å²) in [6.07, 6.45) is 9.96. The van der Waals surface area contributed by atoms with Gasteiger partial charge in [0.05, 0.1) is 0 Å². The van der Waals surface area contributed by atoms with Gasteiger partial charge in [0.25, 0.3) is 0 Å². The van der Waals surface area contributed by atoms with E-state index >= 15 is 0 Å². The zero-order valence-electron chi connectivity index (χ0n) is 7.75. The maximum Gasteiger partial charge on any atom is 0.196 e. The number of rotatable bonds is 5. The molecule has 1 atom stereocenters. The van der Waals surface area contributed by atoms with E-state index in [2.05, 4.69) is 30.6 Å². The van der Waals surface area contributed by atoms with E-state index in [1.807, 2.05) is 6.20 Å². The highest BCUT2D eigenvalue weighted by atomic mass is 15.4. The fraction of sp³-hybridized carbons (Fsp3) is 0.667. The first-order valence-corrected chi connectivity index (χ1v) is 4.54. The Hall–Kier alpha value is -0.990. The Morgan fingerprint density at radius 2 is 2.42 bits per heavy atom. The Labute approximate surface area is 73.8 Å². The minimum Gasteiger partial charge on any atom is -0.321 e. The third kappa shape index (κ3) is 2.57. The van der Waals surface area contributed by atoms with Crippen molar-refractivity contribution in [3.63, 3.8) is 0 Å². The molecule has 1 N–H and O–H groups in total. The molecule has 1 heterocycles. The van der Waals surface area contributed by atoms with Crippen LogP contribution in [0.3, 0.4) is 0 Å². The van der Waals surface area contributed by atoms with Crippen LogP contribution in [0.2, 0.25) is 0 Å². The highest BCUT2D eigenvalue weighted by Gasteiger charge is 2.02. The van der Waals surface area contributed by atoms with Gasteiger partial charge < -0.3 is 5.43 Å². The highest BCUT2D eigenvalue weighted by Crippen LogP contribution is 2.01. The first kappa shape index (κ1) is 9.10. The molecule has 1 aromatic rings. The molecule has 0 aliphatic heterocycles. The van der Waals surface area contributed by atoms with Crippen molar-refractivity contribution in [3.8, 4) is 0 Å². The van der Waals surface area contributed by atoms with Crippen molar-refractivity contribution in [3.05, 3.63) is 18.7 Å². The molecule has 0 saturated carbocycles. The summed E-state index contributed by atoms with van der Waals surface area (Å²) in [4.78, 5) is 3.85. The number of nitrogens with one attached hydrogen (secondary N) is 1. The molecule has 3 nitrogen and oxygen atoms in total. The van der Waals surface area contributed by atoms with E-state index in [9.17, 15) is 0 Å². The molecule has 0 aromatic carbocycles. The smallest absolute Gasteiger partial charge is 0.196 e. The van der Waals surface area contributed by atoms with Crippen LogP contribution in [0, 0.1) is 6.33 Å². The fourth-order valence-electron chi connectivity index (χ4n) is 1.21. The maximum atomic E-state index is 3.85. The lowest BCUT2D eigenvalue weighted by molar-refractivity contribution is 0.565. The van der Waals surface area contributed by atoms with Gasteiger partial charge in [-0.15, -0.1) is 0 Å². The first-order valence-electron chi connectivity index (χ1n) is 4.54. The summed E-state index contributed by atoms with van der Waals surface area (Å²) in [5.41, 5.74) is 3.31. The van der Waals surface area contributed by atoms with Crippen molar-refractivity contribution in [2.75, 3.05) is 5.43 Å². The highest BCUT2D eigenvalue weighted by molar-refractivity contribution is 4.84. The van der Waals surface area contributed by atoms with Gasteiger partial charge in [-0.05, 0) is 12.8 Å². The number of hydrogen-bond acceptors (Lipinski definition) is 2. The van der Waals surface area contributed by atoms with Gasteiger partial charge in [-0.1, -0.05) is 20.3 Å². The zero-order chi connectivity index (χ0) is 8.81. The Kier molecular flexibility index (Phi) is 3.64. The second-order valence-corrected chi connectivity index (χ2v) is 2.92. The van der Waals surface area contributed by atoms with Gasteiger partial charge in [0.15, 0.2) is 6.33 Å². The molecule has 1 radical (unpaired) electrons. The fourth-order valence-corrected chi connectivity index (χ4v) is 1.21. The second kappa shape index (κ2) is 4.80. The van der Waals surface area contributed by atoms with Crippen LogP contribution in [0.5, 0.6) is 0 Å². The van der Waals surface area contributed by atoms with Crippen LogP contribution in [0.1, 0.15) is 33.1 Å². The van der Waals surface area contributed by atoms with Crippen LogP contribution in [0.15, 0.2) is 12.4 Å². The number of hydrogen-bond donors (Lipinski definition) is 1. The predicted octanol–water partition coefficient (Wildman–Crippen LogP) is 1.81.